The summed E-state index contributed by atoms with van der Waals surface area (Å²) in [6.45, 7) is -0.353. The zero-order chi connectivity index (χ0) is 13.7. The van der Waals surface area contributed by atoms with Gasteiger partial charge in [-0.25, -0.2) is 4.79 Å². The molecule has 3 N–H and O–H groups in total. The Hall–Kier alpha value is -2.15. The number of carbonyl (C=O) groups is 2. The number of rotatable bonds is 5. The Morgan fingerprint density at radius 3 is 2.67 bits per heavy atom. The van der Waals surface area contributed by atoms with Crippen molar-refractivity contribution in [2.45, 2.75) is 12.5 Å². The van der Waals surface area contributed by atoms with Gasteiger partial charge in [0.1, 0.15) is 6.04 Å². The highest BCUT2D eigenvalue weighted by Gasteiger charge is 2.20. The fourth-order valence-electron chi connectivity index (χ4n) is 1.32. The zero-order valence-corrected chi connectivity index (χ0v) is 9.79. The van der Waals surface area contributed by atoms with Crippen molar-refractivity contribution in [1.29, 1.82) is 0 Å². The Labute approximate surface area is 103 Å². The molecule has 0 radical (unpaired) electrons. The second kappa shape index (κ2) is 5.97. The number of aliphatic hydroxyl groups is 1. The Bertz CT molecular complexity index is 508. The Morgan fingerprint density at radius 1 is 1.50 bits per heavy atom. The van der Waals surface area contributed by atoms with Crippen LogP contribution in [0.2, 0.25) is 0 Å². The van der Waals surface area contributed by atoms with Crippen LogP contribution >= 0.6 is 0 Å². The van der Waals surface area contributed by atoms with E-state index in [2.05, 4.69) is 5.32 Å². The molecule has 0 aromatic carbocycles. The van der Waals surface area contributed by atoms with Crippen LogP contribution in [-0.2, 0) is 11.8 Å². The fraction of sp³-hybridized carbons (Fsp3) is 0.364. The molecule has 18 heavy (non-hydrogen) atoms. The van der Waals surface area contributed by atoms with Crippen LogP contribution in [0.25, 0.3) is 0 Å². The topological polar surface area (TPSA) is 109 Å². The van der Waals surface area contributed by atoms with Gasteiger partial charge in [-0.05, 0) is 6.07 Å². The number of aryl methyl sites for hydroxylation is 1. The molecule has 1 heterocycles. The standard InChI is InChI=1S/C11H14N2O5/c1-13-4-2-7(6-9(13)15)10(16)12-8(3-5-14)11(17)18/h2,4,6,8,14H,3,5H2,1H3,(H,12,16)(H,17,18). The minimum absolute atomic E-state index is 0.0855. The van der Waals surface area contributed by atoms with Crippen LogP contribution in [0, 0.1) is 0 Å². The van der Waals surface area contributed by atoms with Crippen molar-refractivity contribution in [2.24, 2.45) is 7.05 Å². The molecule has 0 saturated carbocycles. The number of hydrogen-bond acceptors (Lipinski definition) is 4. The summed E-state index contributed by atoms with van der Waals surface area (Å²) in [5.41, 5.74) is -0.279. The van der Waals surface area contributed by atoms with Crippen LogP contribution in [0.4, 0.5) is 0 Å². The smallest absolute Gasteiger partial charge is 0.326 e. The number of aliphatic hydroxyl groups excluding tert-OH is 1. The Balaban J connectivity index is 2.83. The molecule has 1 atom stereocenters. The summed E-state index contributed by atoms with van der Waals surface area (Å²) in [6, 6.07) is 1.36. The molecule has 1 aromatic heterocycles. The van der Waals surface area contributed by atoms with Crippen molar-refractivity contribution in [3.8, 4) is 0 Å². The maximum Gasteiger partial charge on any atom is 0.326 e. The van der Waals surface area contributed by atoms with Gasteiger partial charge < -0.3 is 20.1 Å². The van der Waals surface area contributed by atoms with Crippen LogP contribution in [0.15, 0.2) is 23.1 Å². The number of carboxylic acid groups (broad SMARTS) is 1. The molecule has 1 rings (SSSR count). The van der Waals surface area contributed by atoms with Crippen molar-refractivity contribution in [3.63, 3.8) is 0 Å². The van der Waals surface area contributed by atoms with Crippen molar-refractivity contribution in [2.75, 3.05) is 6.61 Å². The third-order valence-corrected chi connectivity index (χ3v) is 2.39. The van der Waals surface area contributed by atoms with E-state index >= 15 is 0 Å². The molecule has 1 unspecified atom stereocenters. The van der Waals surface area contributed by atoms with E-state index in [1.807, 2.05) is 0 Å². The molecule has 0 aliphatic heterocycles. The SMILES string of the molecule is Cn1ccc(C(=O)NC(CCO)C(=O)O)cc1=O. The van der Waals surface area contributed by atoms with Crippen LogP contribution in [-0.4, -0.2) is 39.3 Å². The second-order valence-electron chi connectivity index (χ2n) is 3.74. The molecule has 1 amide bonds. The van der Waals surface area contributed by atoms with E-state index in [0.29, 0.717) is 0 Å². The summed E-state index contributed by atoms with van der Waals surface area (Å²) in [6.07, 6.45) is 1.32. The number of aliphatic carboxylic acids is 1. The van der Waals surface area contributed by atoms with Gasteiger partial charge in [0, 0.05) is 37.9 Å². The number of amides is 1. The lowest BCUT2D eigenvalue weighted by atomic mass is 10.2. The summed E-state index contributed by atoms with van der Waals surface area (Å²) in [5, 5.41) is 19.7. The first-order chi connectivity index (χ1) is 8.45. The monoisotopic (exact) mass is 254 g/mol. The minimum atomic E-state index is -1.23. The minimum Gasteiger partial charge on any atom is -0.480 e. The van der Waals surface area contributed by atoms with Gasteiger partial charge in [0.15, 0.2) is 0 Å². The summed E-state index contributed by atoms with van der Waals surface area (Å²) >= 11 is 0. The number of nitrogens with zero attached hydrogens (tertiary/aromatic N) is 1. The van der Waals surface area contributed by atoms with E-state index in [-0.39, 0.29) is 24.2 Å². The van der Waals surface area contributed by atoms with Gasteiger partial charge in [-0.15, -0.1) is 0 Å². The largest absolute Gasteiger partial charge is 0.480 e. The molecule has 0 spiro atoms. The zero-order valence-electron chi connectivity index (χ0n) is 9.79. The lowest BCUT2D eigenvalue weighted by molar-refractivity contribution is -0.139. The van der Waals surface area contributed by atoms with Gasteiger partial charge >= 0.3 is 5.97 Å². The molecule has 0 bridgehead atoms. The van der Waals surface area contributed by atoms with Gasteiger partial charge in [-0.3, -0.25) is 9.59 Å². The third-order valence-electron chi connectivity index (χ3n) is 2.39. The molecular weight excluding hydrogens is 240 g/mol. The van der Waals surface area contributed by atoms with Gasteiger partial charge in [0.25, 0.3) is 11.5 Å². The van der Waals surface area contributed by atoms with Crippen LogP contribution in [0.3, 0.4) is 0 Å². The maximum atomic E-state index is 11.7. The first kappa shape index (κ1) is 13.9. The van der Waals surface area contributed by atoms with E-state index in [9.17, 15) is 14.4 Å². The lowest BCUT2D eigenvalue weighted by Crippen LogP contribution is -2.41. The quantitative estimate of drug-likeness (QED) is 0.621. The number of pyridine rings is 1. The Kier molecular flexibility index (Phi) is 4.61. The third kappa shape index (κ3) is 3.42. The highest BCUT2D eigenvalue weighted by atomic mass is 16.4. The number of hydrogen-bond donors (Lipinski definition) is 3. The fourth-order valence-corrected chi connectivity index (χ4v) is 1.32. The average molecular weight is 254 g/mol. The molecule has 0 aliphatic rings. The first-order valence-electron chi connectivity index (χ1n) is 5.27. The van der Waals surface area contributed by atoms with Crippen molar-refractivity contribution in [1.82, 2.24) is 9.88 Å². The van der Waals surface area contributed by atoms with E-state index in [0.717, 1.165) is 6.07 Å². The van der Waals surface area contributed by atoms with Gasteiger partial charge in [0.05, 0.1) is 0 Å². The van der Waals surface area contributed by atoms with E-state index in [4.69, 9.17) is 10.2 Å². The molecule has 0 saturated heterocycles. The van der Waals surface area contributed by atoms with Crippen molar-refractivity contribution >= 4 is 11.9 Å². The first-order valence-corrected chi connectivity index (χ1v) is 5.27. The summed E-state index contributed by atoms with van der Waals surface area (Å²) in [7, 11) is 1.54. The molecule has 0 fully saturated rings. The predicted molar refractivity (Wildman–Crippen MR) is 62.3 cm³/mol. The van der Waals surface area contributed by atoms with Crippen molar-refractivity contribution < 1.29 is 19.8 Å². The van der Waals surface area contributed by atoms with Crippen molar-refractivity contribution in [3.05, 3.63) is 34.2 Å². The number of carbonyl (C=O) groups excluding carboxylic acids is 1. The van der Waals surface area contributed by atoms with Crippen LogP contribution in [0.1, 0.15) is 16.8 Å². The average Bonchev–Trinajstić information content (AvgIpc) is 2.31. The molecular formula is C11H14N2O5. The Morgan fingerprint density at radius 2 is 2.17 bits per heavy atom. The number of nitrogens with one attached hydrogen (secondary N) is 1. The van der Waals surface area contributed by atoms with E-state index in [1.165, 1.54) is 23.9 Å². The van der Waals surface area contributed by atoms with E-state index in [1.54, 1.807) is 0 Å². The molecule has 7 nitrogen and oxygen atoms in total. The van der Waals surface area contributed by atoms with Crippen LogP contribution in [0.5, 0.6) is 0 Å². The normalized spacial score (nSPS) is 11.9. The molecule has 1 aromatic rings. The van der Waals surface area contributed by atoms with E-state index < -0.39 is 17.9 Å². The van der Waals surface area contributed by atoms with Crippen LogP contribution < -0.4 is 10.9 Å². The predicted octanol–water partition coefficient (Wildman–Crippen LogP) is -1.05. The molecule has 7 heteroatoms. The highest BCUT2D eigenvalue weighted by Crippen LogP contribution is 1.98. The maximum absolute atomic E-state index is 11.7. The lowest BCUT2D eigenvalue weighted by Gasteiger charge is -2.13. The van der Waals surface area contributed by atoms with Gasteiger partial charge in [0.2, 0.25) is 0 Å². The summed E-state index contributed by atoms with van der Waals surface area (Å²) < 4.78 is 1.29. The number of carboxylic acids is 1. The second-order valence-corrected chi connectivity index (χ2v) is 3.74. The molecule has 98 valence electrons. The van der Waals surface area contributed by atoms with Gasteiger partial charge in [-0.1, -0.05) is 0 Å². The number of aromatic nitrogens is 1. The summed E-state index contributed by atoms with van der Waals surface area (Å²) in [5.74, 6) is -1.89. The highest BCUT2D eigenvalue weighted by molar-refractivity contribution is 5.96. The summed E-state index contributed by atoms with van der Waals surface area (Å²) in [4.78, 5) is 33.8. The van der Waals surface area contributed by atoms with Gasteiger partial charge in [-0.2, -0.15) is 0 Å². The molecule has 0 aliphatic carbocycles.